The zero-order valence-electron chi connectivity index (χ0n) is 10.9. The highest BCUT2D eigenvalue weighted by molar-refractivity contribution is 7.91. The Kier molecular flexibility index (Phi) is 4.31. The van der Waals surface area contributed by atoms with Gasteiger partial charge in [-0.05, 0) is 37.1 Å². The highest BCUT2D eigenvalue weighted by Crippen LogP contribution is 2.23. The lowest BCUT2D eigenvalue weighted by Gasteiger charge is -2.11. The van der Waals surface area contributed by atoms with E-state index in [1.165, 1.54) is 0 Å². The van der Waals surface area contributed by atoms with E-state index < -0.39 is 9.84 Å². The summed E-state index contributed by atoms with van der Waals surface area (Å²) in [6.07, 6.45) is 0.722. The second kappa shape index (κ2) is 5.79. The number of phenols is 1. The molecule has 1 fully saturated rings. The molecule has 1 aliphatic rings. The monoisotopic (exact) mass is 285 g/mol. The lowest BCUT2D eigenvalue weighted by atomic mass is 10.1. The first kappa shape index (κ1) is 14.1. The van der Waals surface area contributed by atoms with Gasteiger partial charge in [0, 0.05) is 12.1 Å². The molecule has 1 unspecified atom stereocenters. The van der Waals surface area contributed by atoms with E-state index in [0.29, 0.717) is 24.6 Å². The molecule has 0 aromatic heterocycles. The van der Waals surface area contributed by atoms with Crippen LogP contribution < -0.4 is 10.1 Å². The number of rotatable bonds is 5. The highest BCUT2D eigenvalue weighted by Gasteiger charge is 2.27. The minimum atomic E-state index is -2.82. The quantitative estimate of drug-likeness (QED) is 0.841. The Morgan fingerprint density at radius 2 is 2.26 bits per heavy atom. The number of sulfone groups is 1. The van der Waals surface area contributed by atoms with Gasteiger partial charge in [-0.2, -0.15) is 0 Å². The predicted octanol–water partition coefficient (Wildman–Crippen LogP) is 0.925. The summed E-state index contributed by atoms with van der Waals surface area (Å²) in [6, 6.07) is 5.06. The second-order valence-corrected chi connectivity index (χ2v) is 7.12. The minimum absolute atomic E-state index is 0.178. The molecule has 5 nitrogen and oxygen atoms in total. The molecule has 6 heteroatoms. The molecule has 106 valence electrons. The first-order valence-corrected chi connectivity index (χ1v) is 8.09. The van der Waals surface area contributed by atoms with Crippen molar-refractivity contribution in [1.29, 1.82) is 0 Å². The van der Waals surface area contributed by atoms with Crippen molar-refractivity contribution < 1.29 is 18.3 Å². The van der Waals surface area contributed by atoms with Gasteiger partial charge in [0.15, 0.2) is 9.84 Å². The molecule has 2 rings (SSSR count). The molecule has 0 radical (unpaired) electrons. The molecule has 0 bridgehead atoms. The molecule has 1 aromatic rings. The van der Waals surface area contributed by atoms with Gasteiger partial charge in [0.1, 0.15) is 11.5 Å². The summed E-state index contributed by atoms with van der Waals surface area (Å²) in [5.41, 5.74) is 0.750. The molecule has 0 saturated carbocycles. The van der Waals surface area contributed by atoms with Crippen LogP contribution in [0.25, 0.3) is 0 Å². The average Bonchev–Trinajstić information content (AvgIpc) is 2.71. The Balaban J connectivity index is 1.86. The largest absolute Gasteiger partial charge is 0.508 e. The lowest BCUT2D eigenvalue weighted by Crippen LogP contribution is -2.23. The van der Waals surface area contributed by atoms with Crippen LogP contribution >= 0.6 is 0 Å². The topological polar surface area (TPSA) is 75.6 Å². The summed E-state index contributed by atoms with van der Waals surface area (Å²) < 4.78 is 27.8. The van der Waals surface area contributed by atoms with E-state index >= 15 is 0 Å². The number of ether oxygens (including phenoxy) is 1. The molecule has 0 amide bonds. The first-order chi connectivity index (χ1) is 9.00. The molecule has 19 heavy (non-hydrogen) atoms. The summed E-state index contributed by atoms with van der Waals surface area (Å²) >= 11 is 0. The standard InChI is InChI=1S/C13H19NO4S/c1-18-12-2-3-13(15)11(6-12)8-14-7-10-4-5-19(16,17)9-10/h2-3,6,10,14-15H,4-5,7-9H2,1H3. The van der Waals surface area contributed by atoms with Crippen LogP contribution in [0.15, 0.2) is 18.2 Å². The Labute approximate surface area is 113 Å². The van der Waals surface area contributed by atoms with Gasteiger partial charge in [-0.15, -0.1) is 0 Å². The fourth-order valence-electron chi connectivity index (χ4n) is 2.27. The molecule has 1 aromatic carbocycles. The van der Waals surface area contributed by atoms with Crippen molar-refractivity contribution >= 4 is 9.84 Å². The SMILES string of the molecule is COc1ccc(O)c(CNCC2CCS(=O)(=O)C2)c1. The molecule has 1 saturated heterocycles. The number of benzene rings is 1. The fraction of sp³-hybridized carbons (Fsp3) is 0.538. The van der Waals surface area contributed by atoms with Gasteiger partial charge < -0.3 is 15.2 Å². The molecule has 0 spiro atoms. The summed E-state index contributed by atoms with van der Waals surface area (Å²) in [5.74, 6) is 1.65. The van der Waals surface area contributed by atoms with E-state index in [-0.39, 0.29) is 17.4 Å². The normalized spacial score (nSPS) is 21.4. The van der Waals surface area contributed by atoms with Crippen LogP contribution in [-0.2, 0) is 16.4 Å². The zero-order chi connectivity index (χ0) is 13.9. The van der Waals surface area contributed by atoms with Gasteiger partial charge in [0.05, 0.1) is 18.6 Å². The Hall–Kier alpha value is -1.27. The maximum absolute atomic E-state index is 11.3. The molecule has 1 aliphatic heterocycles. The Morgan fingerprint density at radius 3 is 2.89 bits per heavy atom. The van der Waals surface area contributed by atoms with E-state index in [4.69, 9.17) is 4.74 Å². The summed E-state index contributed by atoms with van der Waals surface area (Å²) in [4.78, 5) is 0. The molecule has 1 atom stereocenters. The van der Waals surface area contributed by atoms with Crippen LogP contribution in [-0.4, -0.2) is 38.7 Å². The molecule has 0 aliphatic carbocycles. The fourth-order valence-corrected chi connectivity index (χ4v) is 4.14. The number of nitrogens with one attached hydrogen (secondary N) is 1. The van der Waals surface area contributed by atoms with Crippen molar-refractivity contribution in [2.24, 2.45) is 5.92 Å². The Bertz CT molecular complexity index is 542. The highest BCUT2D eigenvalue weighted by atomic mass is 32.2. The third-order valence-corrected chi connectivity index (χ3v) is 5.20. The van der Waals surface area contributed by atoms with E-state index in [1.54, 1.807) is 25.3 Å². The third-order valence-electron chi connectivity index (χ3n) is 3.36. The maximum Gasteiger partial charge on any atom is 0.150 e. The number of methoxy groups -OCH3 is 1. The van der Waals surface area contributed by atoms with Crippen molar-refractivity contribution in [3.8, 4) is 11.5 Å². The number of hydrogen-bond acceptors (Lipinski definition) is 5. The van der Waals surface area contributed by atoms with E-state index in [2.05, 4.69) is 5.32 Å². The van der Waals surface area contributed by atoms with Gasteiger partial charge >= 0.3 is 0 Å². The van der Waals surface area contributed by atoms with Crippen molar-refractivity contribution in [1.82, 2.24) is 5.32 Å². The first-order valence-electron chi connectivity index (χ1n) is 6.27. The zero-order valence-corrected chi connectivity index (χ0v) is 11.7. The second-order valence-electron chi connectivity index (χ2n) is 4.89. The minimum Gasteiger partial charge on any atom is -0.508 e. The number of aromatic hydroxyl groups is 1. The molecule has 2 N–H and O–H groups in total. The van der Waals surface area contributed by atoms with Gasteiger partial charge in [0.2, 0.25) is 0 Å². The summed E-state index contributed by atoms with van der Waals surface area (Å²) in [6.45, 7) is 1.15. The van der Waals surface area contributed by atoms with Crippen molar-refractivity contribution in [2.45, 2.75) is 13.0 Å². The van der Waals surface area contributed by atoms with Gasteiger partial charge in [0.25, 0.3) is 0 Å². The van der Waals surface area contributed by atoms with Crippen LogP contribution in [0.2, 0.25) is 0 Å². The van der Waals surface area contributed by atoms with E-state index in [0.717, 1.165) is 12.0 Å². The summed E-state index contributed by atoms with van der Waals surface area (Å²) in [7, 11) is -1.24. The Morgan fingerprint density at radius 1 is 1.47 bits per heavy atom. The van der Waals surface area contributed by atoms with Crippen LogP contribution in [0, 0.1) is 5.92 Å². The van der Waals surface area contributed by atoms with Crippen molar-refractivity contribution in [3.63, 3.8) is 0 Å². The summed E-state index contributed by atoms with van der Waals surface area (Å²) in [5, 5.41) is 12.9. The van der Waals surface area contributed by atoms with Gasteiger partial charge in [-0.3, -0.25) is 0 Å². The predicted molar refractivity (Wildman–Crippen MR) is 73.1 cm³/mol. The lowest BCUT2D eigenvalue weighted by molar-refractivity contribution is 0.409. The van der Waals surface area contributed by atoms with E-state index in [9.17, 15) is 13.5 Å². The molecular weight excluding hydrogens is 266 g/mol. The van der Waals surface area contributed by atoms with Crippen LogP contribution in [0.5, 0.6) is 11.5 Å². The third kappa shape index (κ3) is 3.84. The van der Waals surface area contributed by atoms with Crippen LogP contribution in [0.4, 0.5) is 0 Å². The number of phenolic OH excluding ortho intramolecular Hbond substituents is 1. The van der Waals surface area contributed by atoms with Crippen molar-refractivity contribution in [3.05, 3.63) is 23.8 Å². The smallest absolute Gasteiger partial charge is 0.150 e. The maximum atomic E-state index is 11.3. The number of hydrogen-bond donors (Lipinski definition) is 2. The molecular formula is C13H19NO4S. The van der Waals surface area contributed by atoms with E-state index in [1.807, 2.05) is 0 Å². The van der Waals surface area contributed by atoms with Gasteiger partial charge in [-0.25, -0.2) is 8.42 Å². The molecule has 1 heterocycles. The van der Waals surface area contributed by atoms with Crippen LogP contribution in [0.3, 0.4) is 0 Å². The van der Waals surface area contributed by atoms with Gasteiger partial charge in [-0.1, -0.05) is 0 Å². The van der Waals surface area contributed by atoms with Crippen molar-refractivity contribution in [2.75, 3.05) is 25.2 Å². The average molecular weight is 285 g/mol. The van der Waals surface area contributed by atoms with Crippen LogP contribution in [0.1, 0.15) is 12.0 Å².